The molecular weight excluding hydrogens is 398 g/mol. The Morgan fingerprint density at radius 2 is 1.96 bits per heavy atom. The van der Waals surface area contributed by atoms with E-state index in [0.717, 1.165) is 22.6 Å². The van der Waals surface area contributed by atoms with Crippen molar-refractivity contribution in [3.8, 4) is 5.75 Å². The Balaban J connectivity index is 1.44. The van der Waals surface area contributed by atoms with Crippen LogP contribution in [0, 0.1) is 0 Å². The van der Waals surface area contributed by atoms with Crippen LogP contribution in [-0.4, -0.2) is 21.7 Å². The molecule has 0 unspecified atom stereocenters. The number of fused-ring (bicyclic) bond motifs is 1. The van der Waals surface area contributed by atoms with Gasteiger partial charge in [-0.05, 0) is 24.3 Å². The SMILES string of the molecule is Nc1nc(CSCc2cc(Cl)cc3c2OCOC3)nc(Nc2ccccc2)n1. The zero-order chi connectivity index (χ0) is 19.3. The lowest BCUT2D eigenvalue weighted by Crippen LogP contribution is -2.13. The fourth-order valence-electron chi connectivity index (χ4n) is 2.83. The van der Waals surface area contributed by atoms with Gasteiger partial charge in [-0.3, -0.25) is 0 Å². The van der Waals surface area contributed by atoms with Gasteiger partial charge in [0.15, 0.2) is 6.79 Å². The van der Waals surface area contributed by atoms with Gasteiger partial charge < -0.3 is 20.5 Å². The number of thioether (sulfide) groups is 1. The number of rotatable bonds is 6. The van der Waals surface area contributed by atoms with Crippen molar-refractivity contribution in [3.05, 3.63) is 64.4 Å². The molecule has 28 heavy (non-hydrogen) atoms. The lowest BCUT2D eigenvalue weighted by Gasteiger charge is -2.21. The second-order valence-electron chi connectivity index (χ2n) is 6.08. The molecule has 0 radical (unpaired) electrons. The molecule has 0 saturated heterocycles. The molecule has 2 aromatic carbocycles. The van der Waals surface area contributed by atoms with Crippen molar-refractivity contribution in [1.29, 1.82) is 0 Å². The van der Waals surface area contributed by atoms with Crippen LogP contribution in [0.15, 0.2) is 42.5 Å². The van der Waals surface area contributed by atoms with E-state index in [1.54, 1.807) is 11.8 Å². The monoisotopic (exact) mass is 415 g/mol. The molecular formula is C19H18ClN5O2S. The Morgan fingerprint density at radius 1 is 1.11 bits per heavy atom. The average molecular weight is 416 g/mol. The highest BCUT2D eigenvalue weighted by Crippen LogP contribution is 2.34. The largest absolute Gasteiger partial charge is 0.467 e. The van der Waals surface area contributed by atoms with Gasteiger partial charge in [-0.15, -0.1) is 11.8 Å². The fraction of sp³-hybridized carbons (Fsp3) is 0.211. The molecule has 3 aromatic rings. The molecule has 7 nitrogen and oxygen atoms in total. The van der Waals surface area contributed by atoms with Gasteiger partial charge in [0.1, 0.15) is 11.6 Å². The Morgan fingerprint density at radius 3 is 2.82 bits per heavy atom. The number of nitrogen functional groups attached to an aromatic ring is 1. The first-order valence-corrected chi connectivity index (χ1v) is 10.1. The smallest absolute Gasteiger partial charge is 0.232 e. The number of hydrogen-bond donors (Lipinski definition) is 2. The summed E-state index contributed by atoms with van der Waals surface area (Å²) in [6, 6.07) is 13.5. The molecule has 0 fully saturated rings. The minimum absolute atomic E-state index is 0.185. The topological polar surface area (TPSA) is 95.2 Å². The van der Waals surface area contributed by atoms with Crippen LogP contribution < -0.4 is 15.8 Å². The van der Waals surface area contributed by atoms with Crippen molar-refractivity contribution in [2.45, 2.75) is 18.1 Å². The third kappa shape index (κ3) is 4.64. The zero-order valence-electron chi connectivity index (χ0n) is 14.9. The summed E-state index contributed by atoms with van der Waals surface area (Å²) in [5, 5.41) is 3.81. The Kier molecular flexibility index (Phi) is 5.80. The van der Waals surface area contributed by atoms with E-state index >= 15 is 0 Å². The number of benzene rings is 2. The maximum Gasteiger partial charge on any atom is 0.232 e. The summed E-state index contributed by atoms with van der Waals surface area (Å²) in [7, 11) is 0. The number of ether oxygens (including phenoxy) is 2. The lowest BCUT2D eigenvalue weighted by molar-refractivity contribution is -0.0168. The van der Waals surface area contributed by atoms with E-state index in [2.05, 4.69) is 20.3 Å². The van der Waals surface area contributed by atoms with Crippen LogP contribution in [-0.2, 0) is 22.8 Å². The maximum absolute atomic E-state index is 6.22. The van der Waals surface area contributed by atoms with E-state index in [1.807, 2.05) is 42.5 Å². The van der Waals surface area contributed by atoms with E-state index in [1.165, 1.54) is 0 Å². The Bertz CT molecular complexity index is 974. The predicted molar refractivity (Wildman–Crippen MR) is 111 cm³/mol. The Hall–Kier alpha value is -2.55. The van der Waals surface area contributed by atoms with E-state index in [0.29, 0.717) is 34.9 Å². The van der Waals surface area contributed by atoms with Gasteiger partial charge in [-0.2, -0.15) is 15.0 Å². The molecule has 1 aliphatic heterocycles. The van der Waals surface area contributed by atoms with Gasteiger partial charge in [-0.1, -0.05) is 29.8 Å². The fourth-order valence-corrected chi connectivity index (χ4v) is 3.94. The van der Waals surface area contributed by atoms with Crippen molar-refractivity contribution < 1.29 is 9.47 Å². The van der Waals surface area contributed by atoms with Gasteiger partial charge in [-0.25, -0.2) is 0 Å². The molecule has 4 rings (SSSR count). The first-order chi connectivity index (χ1) is 13.7. The summed E-state index contributed by atoms with van der Waals surface area (Å²) < 4.78 is 11.0. The summed E-state index contributed by atoms with van der Waals surface area (Å²) >= 11 is 7.87. The summed E-state index contributed by atoms with van der Waals surface area (Å²) in [6.45, 7) is 0.761. The van der Waals surface area contributed by atoms with Crippen LogP contribution in [0.2, 0.25) is 5.02 Å². The van der Waals surface area contributed by atoms with Gasteiger partial charge in [0, 0.05) is 27.6 Å². The third-order valence-corrected chi connectivity index (χ3v) is 5.17. The van der Waals surface area contributed by atoms with E-state index in [9.17, 15) is 0 Å². The number of nitrogens with zero attached hydrogens (tertiary/aromatic N) is 3. The number of nitrogens with one attached hydrogen (secondary N) is 1. The van der Waals surface area contributed by atoms with E-state index in [4.69, 9.17) is 26.8 Å². The van der Waals surface area contributed by atoms with E-state index in [-0.39, 0.29) is 12.7 Å². The summed E-state index contributed by atoms with van der Waals surface area (Å²) in [4.78, 5) is 12.8. The summed E-state index contributed by atoms with van der Waals surface area (Å²) in [5.41, 5.74) is 8.72. The van der Waals surface area contributed by atoms with Crippen LogP contribution in [0.25, 0.3) is 0 Å². The van der Waals surface area contributed by atoms with Crippen molar-refractivity contribution in [1.82, 2.24) is 15.0 Å². The van der Waals surface area contributed by atoms with Crippen molar-refractivity contribution in [2.24, 2.45) is 0 Å². The zero-order valence-corrected chi connectivity index (χ0v) is 16.5. The standard InChI is InChI=1S/C19H18ClN5O2S/c20-14-6-12-8-26-11-27-17(12)13(7-14)9-28-10-16-23-18(21)25-19(24-16)22-15-4-2-1-3-5-15/h1-7H,8-11H2,(H3,21,22,23,24,25). The number of aromatic nitrogens is 3. The van der Waals surface area contributed by atoms with Crippen molar-refractivity contribution in [2.75, 3.05) is 17.8 Å². The number of para-hydroxylation sites is 1. The van der Waals surface area contributed by atoms with Crippen LogP contribution in [0.1, 0.15) is 17.0 Å². The van der Waals surface area contributed by atoms with E-state index < -0.39 is 0 Å². The van der Waals surface area contributed by atoms with Crippen LogP contribution >= 0.6 is 23.4 Å². The molecule has 0 atom stereocenters. The molecule has 1 aromatic heterocycles. The molecule has 1 aliphatic rings. The quantitative estimate of drug-likeness (QED) is 0.619. The normalized spacial score (nSPS) is 12.9. The number of anilines is 3. The minimum Gasteiger partial charge on any atom is -0.467 e. The van der Waals surface area contributed by atoms with Gasteiger partial charge >= 0.3 is 0 Å². The molecule has 144 valence electrons. The van der Waals surface area contributed by atoms with Gasteiger partial charge in [0.2, 0.25) is 11.9 Å². The average Bonchev–Trinajstić information content (AvgIpc) is 2.68. The third-order valence-electron chi connectivity index (χ3n) is 3.97. The maximum atomic E-state index is 6.22. The van der Waals surface area contributed by atoms with Gasteiger partial charge in [0.25, 0.3) is 0 Å². The molecule has 0 saturated carbocycles. The first kappa shape index (κ1) is 18.8. The number of halogens is 1. The number of nitrogens with two attached hydrogens (primary N) is 1. The minimum atomic E-state index is 0.185. The van der Waals surface area contributed by atoms with Crippen molar-refractivity contribution in [3.63, 3.8) is 0 Å². The molecule has 0 bridgehead atoms. The van der Waals surface area contributed by atoms with Crippen LogP contribution in [0.5, 0.6) is 5.75 Å². The molecule has 2 heterocycles. The van der Waals surface area contributed by atoms with Crippen LogP contribution in [0.3, 0.4) is 0 Å². The molecule has 0 amide bonds. The second-order valence-corrected chi connectivity index (χ2v) is 7.50. The number of hydrogen-bond acceptors (Lipinski definition) is 8. The Labute approximate surface area is 171 Å². The summed E-state index contributed by atoms with van der Waals surface area (Å²) in [6.07, 6.45) is 0. The van der Waals surface area contributed by atoms with Gasteiger partial charge in [0.05, 0.1) is 12.4 Å². The molecule has 3 N–H and O–H groups in total. The summed E-state index contributed by atoms with van der Waals surface area (Å²) in [5.74, 6) is 3.35. The second kappa shape index (κ2) is 8.64. The van der Waals surface area contributed by atoms with Crippen molar-refractivity contribution >= 4 is 40.9 Å². The molecule has 9 heteroatoms. The first-order valence-electron chi connectivity index (χ1n) is 8.59. The molecule has 0 aliphatic carbocycles. The molecule has 0 spiro atoms. The highest BCUT2D eigenvalue weighted by atomic mass is 35.5. The predicted octanol–water partition coefficient (Wildman–Crippen LogP) is 4.15. The van der Waals surface area contributed by atoms with Crippen LogP contribution in [0.4, 0.5) is 17.6 Å². The highest BCUT2D eigenvalue weighted by Gasteiger charge is 2.16. The highest BCUT2D eigenvalue weighted by molar-refractivity contribution is 7.97. The lowest BCUT2D eigenvalue weighted by atomic mass is 10.1.